The van der Waals surface area contributed by atoms with E-state index in [0.717, 1.165) is 66.8 Å². The molecule has 5 rings (SSSR count). The predicted octanol–water partition coefficient (Wildman–Crippen LogP) is 6.39. The number of hydrogen-bond donors (Lipinski definition) is 1. The number of ether oxygens (including phenoxy) is 1. The van der Waals surface area contributed by atoms with Gasteiger partial charge in [0.05, 0.1) is 11.1 Å². The van der Waals surface area contributed by atoms with Crippen LogP contribution in [-0.2, 0) is 11.5 Å². The Morgan fingerprint density at radius 3 is 2.54 bits per heavy atom. The van der Waals surface area contributed by atoms with Crippen molar-refractivity contribution < 1.29 is 14.2 Å². The van der Waals surface area contributed by atoms with Crippen LogP contribution in [0.4, 0.5) is 4.39 Å². The van der Waals surface area contributed by atoms with Crippen LogP contribution in [0.15, 0.2) is 24.5 Å². The molecule has 2 aliphatic rings. The van der Waals surface area contributed by atoms with Crippen LogP contribution in [-0.4, -0.2) is 64.8 Å². The average molecular weight is 571 g/mol. The van der Waals surface area contributed by atoms with Gasteiger partial charge in [-0.25, -0.2) is 9.07 Å². The Morgan fingerprint density at radius 2 is 1.87 bits per heavy atom. The SMILES string of the molecule is CN1CCC(n2cc(-c3cn(COCC[Si](C)(C)C)nc3Cl)c3cc(C#CC(C)(O)C4CC4)c(F)cc32)CC1. The Balaban J connectivity index is 1.52. The number of aromatic nitrogens is 3. The monoisotopic (exact) mass is 570 g/mol. The first-order valence-corrected chi connectivity index (χ1v) is 18.1. The molecule has 0 radical (unpaired) electrons. The zero-order valence-corrected chi connectivity index (χ0v) is 25.5. The fourth-order valence-electron chi connectivity index (χ4n) is 5.28. The normalized spacial score (nSPS) is 18.8. The second-order valence-electron chi connectivity index (χ2n) is 12.7. The molecule has 3 aromatic rings. The lowest BCUT2D eigenvalue weighted by molar-refractivity contribution is 0.0786. The second kappa shape index (κ2) is 11.0. The molecule has 0 amide bonds. The highest BCUT2D eigenvalue weighted by molar-refractivity contribution is 6.76. The van der Waals surface area contributed by atoms with Crippen LogP contribution in [0.3, 0.4) is 0 Å². The van der Waals surface area contributed by atoms with Crippen LogP contribution in [0.1, 0.15) is 44.2 Å². The van der Waals surface area contributed by atoms with Gasteiger partial charge in [0, 0.05) is 49.6 Å². The van der Waals surface area contributed by atoms with Gasteiger partial charge >= 0.3 is 0 Å². The van der Waals surface area contributed by atoms with Crippen LogP contribution >= 0.6 is 11.6 Å². The van der Waals surface area contributed by atoms with Gasteiger partial charge in [0.2, 0.25) is 0 Å². The van der Waals surface area contributed by atoms with Crippen LogP contribution in [0.2, 0.25) is 30.8 Å². The minimum Gasteiger partial charge on any atom is -0.378 e. The molecule has 1 aliphatic heterocycles. The lowest BCUT2D eigenvalue weighted by Crippen LogP contribution is -2.31. The fraction of sp³-hybridized carbons (Fsp3) is 0.567. The lowest BCUT2D eigenvalue weighted by atomic mass is 10.00. The summed E-state index contributed by atoms with van der Waals surface area (Å²) in [5.41, 5.74) is 1.69. The summed E-state index contributed by atoms with van der Waals surface area (Å²) in [6, 6.07) is 4.75. The number of benzene rings is 1. The third kappa shape index (κ3) is 6.61. The zero-order valence-electron chi connectivity index (χ0n) is 23.7. The largest absolute Gasteiger partial charge is 0.378 e. The molecule has 2 aromatic heterocycles. The summed E-state index contributed by atoms with van der Waals surface area (Å²) in [4.78, 5) is 2.33. The van der Waals surface area contributed by atoms with Crippen molar-refractivity contribution in [2.75, 3.05) is 26.7 Å². The molecule has 6 nitrogen and oxygen atoms in total. The van der Waals surface area contributed by atoms with Crippen LogP contribution in [0.25, 0.3) is 22.0 Å². The minimum absolute atomic E-state index is 0.162. The van der Waals surface area contributed by atoms with Crippen molar-refractivity contribution in [3.8, 4) is 23.0 Å². The van der Waals surface area contributed by atoms with Gasteiger partial charge in [-0.05, 0) is 76.8 Å². The molecule has 1 aromatic carbocycles. The maximum atomic E-state index is 15.4. The van der Waals surface area contributed by atoms with E-state index in [4.69, 9.17) is 16.3 Å². The Labute approximate surface area is 237 Å². The first-order valence-electron chi connectivity index (χ1n) is 14.0. The first-order chi connectivity index (χ1) is 18.4. The molecule has 1 atom stereocenters. The molecule has 210 valence electrons. The molecule has 39 heavy (non-hydrogen) atoms. The van der Waals surface area contributed by atoms with Gasteiger partial charge in [0.1, 0.15) is 18.1 Å². The van der Waals surface area contributed by atoms with Gasteiger partial charge in [0.25, 0.3) is 0 Å². The van der Waals surface area contributed by atoms with Crippen molar-refractivity contribution in [3.05, 3.63) is 41.1 Å². The summed E-state index contributed by atoms with van der Waals surface area (Å²) in [6.07, 6.45) is 7.90. The van der Waals surface area contributed by atoms with E-state index in [2.05, 4.69) is 59.3 Å². The van der Waals surface area contributed by atoms with E-state index in [0.29, 0.717) is 18.5 Å². The van der Waals surface area contributed by atoms with Crippen molar-refractivity contribution in [3.63, 3.8) is 0 Å². The van der Waals surface area contributed by atoms with Crippen LogP contribution in [0.5, 0.6) is 0 Å². The van der Waals surface area contributed by atoms with Crippen molar-refractivity contribution in [1.82, 2.24) is 19.2 Å². The van der Waals surface area contributed by atoms with E-state index in [1.54, 1.807) is 23.7 Å². The molecular weight excluding hydrogens is 531 g/mol. The molecule has 2 fully saturated rings. The van der Waals surface area contributed by atoms with Gasteiger partial charge < -0.3 is 19.3 Å². The van der Waals surface area contributed by atoms with E-state index in [-0.39, 0.29) is 23.3 Å². The molecular formula is C30H40ClFN4O2Si. The molecule has 0 spiro atoms. The highest BCUT2D eigenvalue weighted by Crippen LogP contribution is 2.40. The second-order valence-corrected chi connectivity index (χ2v) is 18.7. The summed E-state index contributed by atoms with van der Waals surface area (Å²) >= 11 is 6.68. The minimum atomic E-state index is -1.18. The number of rotatable bonds is 8. The smallest absolute Gasteiger partial charge is 0.159 e. The Bertz CT molecular complexity index is 1400. The van der Waals surface area contributed by atoms with Gasteiger partial charge in [-0.1, -0.05) is 43.1 Å². The van der Waals surface area contributed by atoms with E-state index in [1.807, 2.05) is 6.20 Å². The number of hydrogen-bond acceptors (Lipinski definition) is 4. The zero-order chi connectivity index (χ0) is 27.9. The summed E-state index contributed by atoms with van der Waals surface area (Å²) in [5.74, 6) is 5.66. The highest BCUT2D eigenvalue weighted by atomic mass is 35.5. The number of halogens is 2. The molecule has 0 bridgehead atoms. The number of aliphatic hydroxyl groups is 1. The number of piperidine rings is 1. The Hall–Kier alpha value is -2.15. The molecule has 1 saturated carbocycles. The Morgan fingerprint density at radius 1 is 1.15 bits per heavy atom. The lowest BCUT2D eigenvalue weighted by Gasteiger charge is -2.30. The van der Waals surface area contributed by atoms with E-state index in [1.165, 1.54) is 0 Å². The quantitative estimate of drug-likeness (QED) is 0.194. The average Bonchev–Trinajstić information content (AvgIpc) is 3.59. The van der Waals surface area contributed by atoms with Gasteiger partial charge in [0.15, 0.2) is 5.15 Å². The maximum Gasteiger partial charge on any atom is 0.159 e. The first kappa shape index (κ1) is 28.4. The predicted molar refractivity (Wildman–Crippen MR) is 158 cm³/mol. The standard InChI is InChI=1S/C30H40ClFN4O2Si/c1-30(37,22-6-7-22)11-8-21-16-24-25(26-18-35(33-29(26)31)20-38-14-15-39(3,4)5)19-36(28(24)17-27(21)32)23-9-12-34(2)13-10-23/h16-19,22-23,37H,6-7,9-10,12-15,20H2,1-5H3. The topological polar surface area (TPSA) is 55.5 Å². The molecule has 1 N–H and O–H groups in total. The third-order valence-corrected chi connectivity index (χ3v) is 10.0. The van der Waals surface area contributed by atoms with Gasteiger partial charge in [-0.2, -0.15) is 5.10 Å². The Kier molecular flexibility index (Phi) is 8.02. The van der Waals surface area contributed by atoms with Crippen molar-refractivity contribution >= 4 is 30.6 Å². The fourth-order valence-corrected chi connectivity index (χ4v) is 6.28. The van der Waals surface area contributed by atoms with Gasteiger partial charge in [-0.3, -0.25) is 0 Å². The molecule has 1 saturated heterocycles. The van der Waals surface area contributed by atoms with E-state index in [9.17, 15) is 5.11 Å². The molecule has 1 aliphatic carbocycles. The summed E-state index contributed by atoms with van der Waals surface area (Å²) in [5, 5.41) is 16.5. The van der Waals surface area contributed by atoms with E-state index >= 15 is 4.39 Å². The molecule has 1 unspecified atom stereocenters. The van der Waals surface area contributed by atoms with Crippen molar-refractivity contribution in [2.45, 2.75) is 76.7 Å². The number of likely N-dealkylation sites (tertiary alicyclic amines) is 1. The molecule has 9 heteroatoms. The van der Waals surface area contributed by atoms with Crippen LogP contribution in [0, 0.1) is 23.6 Å². The summed E-state index contributed by atoms with van der Waals surface area (Å²) in [7, 11) is 0.957. The van der Waals surface area contributed by atoms with Gasteiger partial charge in [-0.15, -0.1) is 0 Å². The van der Waals surface area contributed by atoms with Crippen molar-refractivity contribution in [2.24, 2.45) is 5.92 Å². The summed E-state index contributed by atoms with van der Waals surface area (Å²) in [6.45, 7) is 11.7. The number of nitrogens with zero attached hydrogens (tertiary/aromatic N) is 4. The summed E-state index contributed by atoms with van der Waals surface area (Å²) < 4.78 is 25.2. The highest BCUT2D eigenvalue weighted by Gasteiger charge is 2.38. The molecule has 3 heterocycles. The third-order valence-electron chi connectivity index (χ3n) is 8.05. The van der Waals surface area contributed by atoms with Crippen LogP contribution < -0.4 is 0 Å². The van der Waals surface area contributed by atoms with E-state index < -0.39 is 13.7 Å². The van der Waals surface area contributed by atoms with Crippen molar-refractivity contribution in [1.29, 1.82) is 0 Å². The maximum absolute atomic E-state index is 15.4. The number of fused-ring (bicyclic) bond motifs is 1.